The summed E-state index contributed by atoms with van der Waals surface area (Å²) in [5.41, 5.74) is 0.570. The molecule has 108 valence electrons. The molecule has 1 aliphatic heterocycles. The Labute approximate surface area is 113 Å². The van der Waals surface area contributed by atoms with Crippen LogP contribution in [0.4, 0.5) is 0 Å². The van der Waals surface area contributed by atoms with Crippen molar-refractivity contribution in [1.29, 1.82) is 0 Å². The molecule has 0 spiro atoms. The molecule has 1 rings (SSSR count). The second kappa shape index (κ2) is 7.46. The van der Waals surface area contributed by atoms with Crippen LogP contribution in [0.1, 0.15) is 53.4 Å². The number of rotatable bonds is 8. The van der Waals surface area contributed by atoms with Crippen LogP contribution in [0, 0.1) is 5.41 Å². The van der Waals surface area contributed by atoms with Crippen molar-refractivity contribution in [3.63, 3.8) is 0 Å². The molecule has 0 bridgehead atoms. The van der Waals surface area contributed by atoms with Crippen molar-refractivity contribution in [2.24, 2.45) is 5.41 Å². The van der Waals surface area contributed by atoms with Gasteiger partial charge in [-0.3, -0.25) is 0 Å². The monoisotopic (exact) mass is 256 g/mol. The molecule has 0 aromatic heterocycles. The van der Waals surface area contributed by atoms with Crippen molar-refractivity contribution < 1.29 is 5.11 Å². The van der Waals surface area contributed by atoms with Gasteiger partial charge in [0.25, 0.3) is 0 Å². The number of hydrogen-bond donors (Lipinski definition) is 2. The largest absolute Gasteiger partial charge is 0.395 e. The van der Waals surface area contributed by atoms with Gasteiger partial charge in [-0.15, -0.1) is 0 Å². The van der Waals surface area contributed by atoms with E-state index in [1.807, 2.05) is 0 Å². The molecule has 1 saturated heterocycles. The second-order valence-corrected chi connectivity index (χ2v) is 6.22. The van der Waals surface area contributed by atoms with Gasteiger partial charge >= 0.3 is 0 Å². The van der Waals surface area contributed by atoms with Crippen LogP contribution in [0.15, 0.2) is 0 Å². The van der Waals surface area contributed by atoms with Crippen LogP contribution >= 0.6 is 0 Å². The number of likely N-dealkylation sites (tertiary alicyclic amines) is 1. The third kappa shape index (κ3) is 4.52. The highest BCUT2D eigenvalue weighted by atomic mass is 16.3. The Morgan fingerprint density at radius 3 is 2.39 bits per heavy atom. The highest BCUT2D eigenvalue weighted by molar-refractivity contribution is 4.88. The van der Waals surface area contributed by atoms with E-state index in [2.05, 4.69) is 37.9 Å². The molecule has 1 fully saturated rings. The van der Waals surface area contributed by atoms with Gasteiger partial charge in [0, 0.05) is 18.6 Å². The molecule has 3 nitrogen and oxygen atoms in total. The van der Waals surface area contributed by atoms with Crippen LogP contribution in [-0.4, -0.2) is 48.3 Å². The molecule has 0 radical (unpaired) electrons. The molecule has 0 saturated carbocycles. The first-order chi connectivity index (χ1) is 8.55. The lowest BCUT2D eigenvalue weighted by Crippen LogP contribution is -2.40. The van der Waals surface area contributed by atoms with Crippen molar-refractivity contribution in [3.05, 3.63) is 0 Å². The molecule has 0 amide bonds. The first-order valence-corrected chi connectivity index (χ1v) is 7.64. The summed E-state index contributed by atoms with van der Waals surface area (Å²) in [4.78, 5) is 2.58. The summed E-state index contributed by atoms with van der Waals surface area (Å²) in [5.74, 6) is 0. The van der Waals surface area contributed by atoms with Crippen LogP contribution in [-0.2, 0) is 0 Å². The van der Waals surface area contributed by atoms with Crippen LogP contribution in [0.3, 0.4) is 0 Å². The van der Waals surface area contributed by atoms with E-state index in [0.717, 1.165) is 13.0 Å². The Balaban J connectivity index is 2.32. The molecule has 1 unspecified atom stereocenters. The molecule has 0 aliphatic carbocycles. The normalized spacial score (nSPS) is 21.7. The number of hydrogen-bond acceptors (Lipinski definition) is 3. The molecular formula is C15H32N2O. The maximum atomic E-state index is 9.36. The molecule has 1 aliphatic rings. The molecular weight excluding hydrogens is 224 g/mol. The molecule has 3 heteroatoms. The number of nitrogens with zero attached hydrogens (tertiary/aromatic N) is 1. The van der Waals surface area contributed by atoms with Gasteiger partial charge in [0.05, 0.1) is 6.61 Å². The standard InChI is InChI=1S/C15H32N2O/c1-5-15(6-2)8-10-17(12-15)9-7-14(11-18)16-13(3)4/h13-14,16,18H,5-12H2,1-4H3. The van der Waals surface area contributed by atoms with Crippen LogP contribution in [0.2, 0.25) is 0 Å². The zero-order valence-corrected chi connectivity index (χ0v) is 12.7. The Morgan fingerprint density at radius 2 is 1.94 bits per heavy atom. The SMILES string of the molecule is CCC1(CC)CCN(CCC(CO)NC(C)C)C1. The maximum Gasteiger partial charge on any atom is 0.0585 e. The van der Waals surface area contributed by atoms with Gasteiger partial charge in [0.2, 0.25) is 0 Å². The fraction of sp³-hybridized carbons (Fsp3) is 1.00. The fourth-order valence-electron chi connectivity index (χ4n) is 3.08. The third-order valence-electron chi connectivity index (χ3n) is 4.60. The molecule has 2 N–H and O–H groups in total. The average molecular weight is 256 g/mol. The summed E-state index contributed by atoms with van der Waals surface area (Å²) in [6.45, 7) is 12.8. The molecule has 0 aromatic carbocycles. The smallest absolute Gasteiger partial charge is 0.0585 e. The Hall–Kier alpha value is -0.120. The van der Waals surface area contributed by atoms with Crippen molar-refractivity contribution in [2.75, 3.05) is 26.2 Å². The zero-order chi connectivity index (χ0) is 13.6. The van der Waals surface area contributed by atoms with Crippen LogP contribution in [0.5, 0.6) is 0 Å². The summed E-state index contributed by atoms with van der Waals surface area (Å²) in [6, 6.07) is 0.703. The summed E-state index contributed by atoms with van der Waals surface area (Å²) in [6.07, 6.45) is 5.00. The van der Waals surface area contributed by atoms with E-state index in [9.17, 15) is 5.11 Å². The predicted molar refractivity (Wildman–Crippen MR) is 77.8 cm³/mol. The highest BCUT2D eigenvalue weighted by Crippen LogP contribution is 2.36. The van der Waals surface area contributed by atoms with Crippen molar-refractivity contribution in [2.45, 2.75) is 65.5 Å². The van der Waals surface area contributed by atoms with Crippen molar-refractivity contribution in [1.82, 2.24) is 10.2 Å². The minimum atomic E-state index is 0.249. The van der Waals surface area contributed by atoms with Gasteiger partial charge < -0.3 is 15.3 Å². The number of aliphatic hydroxyl groups is 1. The van der Waals surface area contributed by atoms with E-state index < -0.39 is 0 Å². The lowest BCUT2D eigenvalue weighted by atomic mass is 9.82. The average Bonchev–Trinajstić information content (AvgIpc) is 2.78. The first kappa shape index (κ1) is 15.9. The van der Waals surface area contributed by atoms with Gasteiger partial charge in [-0.25, -0.2) is 0 Å². The second-order valence-electron chi connectivity index (χ2n) is 6.22. The van der Waals surface area contributed by atoms with Crippen molar-refractivity contribution >= 4 is 0 Å². The van der Waals surface area contributed by atoms with Crippen molar-refractivity contribution in [3.8, 4) is 0 Å². The van der Waals surface area contributed by atoms with E-state index in [4.69, 9.17) is 0 Å². The van der Waals surface area contributed by atoms with Gasteiger partial charge in [-0.1, -0.05) is 27.7 Å². The Kier molecular flexibility index (Phi) is 6.61. The summed E-state index contributed by atoms with van der Waals surface area (Å²) < 4.78 is 0. The Morgan fingerprint density at radius 1 is 1.28 bits per heavy atom. The van der Waals surface area contributed by atoms with E-state index in [0.29, 0.717) is 11.5 Å². The van der Waals surface area contributed by atoms with Gasteiger partial charge in [-0.2, -0.15) is 0 Å². The third-order valence-corrected chi connectivity index (χ3v) is 4.60. The highest BCUT2D eigenvalue weighted by Gasteiger charge is 2.34. The van der Waals surface area contributed by atoms with Gasteiger partial charge in [-0.05, 0) is 44.2 Å². The Bertz CT molecular complexity index is 227. The minimum Gasteiger partial charge on any atom is -0.395 e. The summed E-state index contributed by atoms with van der Waals surface area (Å²) in [5, 5.41) is 12.8. The maximum absolute atomic E-state index is 9.36. The number of aliphatic hydroxyl groups excluding tert-OH is 1. The van der Waals surface area contributed by atoms with Gasteiger partial charge in [0.15, 0.2) is 0 Å². The lowest BCUT2D eigenvalue weighted by Gasteiger charge is -2.27. The van der Waals surface area contributed by atoms with E-state index >= 15 is 0 Å². The first-order valence-electron chi connectivity index (χ1n) is 7.64. The molecule has 1 heterocycles. The minimum absolute atomic E-state index is 0.249. The van der Waals surface area contributed by atoms with Crippen LogP contribution in [0.25, 0.3) is 0 Å². The van der Waals surface area contributed by atoms with E-state index in [1.165, 1.54) is 32.4 Å². The zero-order valence-electron chi connectivity index (χ0n) is 12.7. The van der Waals surface area contributed by atoms with Crippen LogP contribution < -0.4 is 5.32 Å². The van der Waals surface area contributed by atoms with E-state index in [1.54, 1.807) is 0 Å². The number of nitrogens with one attached hydrogen (secondary N) is 1. The van der Waals surface area contributed by atoms with E-state index in [-0.39, 0.29) is 12.6 Å². The molecule has 0 aromatic rings. The molecule has 1 atom stereocenters. The quantitative estimate of drug-likeness (QED) is 0.699. The summed E-state index contributed by atoms with van der Waals surface area (Å²) in [7, 11) is 0. The topological polar surface area (TPSA) is 35.5 Å². The fourth-order valence-corrected chi connectivity index (χ4v) is 3.08. The molecule has 18 heavy (non-hydrogen) atoms. The lowest BCUT2D eigenvalue weighted by molar-refractivity contribution is 0.198. The predicted octanol–water partition coefficient (Wildman–Crippen LogP) is 2.25. The summed E-state index contributed by atoms with van der Waals surface area (Å²) >= 11 is 0. The van der Waals surface area contributed by atoms with Gasteiger partial charge in [0.1, 0.15) is 0 Å².